The highest BCUT2D eigenvalue weighted by Crippen LogP contribution is 2.50. The molecule has 2 aliphatic rings. The molecule has 3 unspecified atom stereocenters. The maximum absolute atomic E-state index is 13.1. The van der Waals surface area contributed by atoms with Gasteiger partial charge in [-0.25, -0.2) is 0 Å². The number of methoxy groups -OCH3 is 1. The molecule has 1 heterocycles. The fraction of sp³-hybridized carbons (Fsp3) is 0.222. The van der Waals surface area contributed by atoms with E-state index in [9.17, 15) is 4.79 Å². The summed E-state index contributed by atoms with van der Waals surface area (Å²) >= 11 is 0. The van der Waals surface area contributed by atoms with Gasteiger partial charge in [-0.2, -0.15) is 0 Å². The summed E-state index contributed by atoms with van der Waals surface area (Å²) in [6.07, 6.45) is 5.58. The quantitative estimate of drug-likeness (QED) is 0.550. The molecule has 1 aliphatic carbocycles. The van der Waals surface area contributed by atoms with Crippen molar-refractivity contribution in [3.8, 4) is 5.75 Å². The Morgan fingerprint density at radius 2 is 1.90 bits per heavy atom. The summed E-state index contributed by atoms with van der Waals surface area (Å²) in [5, 5.41) is 6.81. The normalized spacial score (nSPS) is 21.0. The van der Waals surface area contributed by atoms with Gasteiger partial charge in [-0.05, 0) is 47.2 Å². The second-order valence-corrected chi connectivity index (χ2v) is 8.19. The van der Waals surface area contributed by atoms with Crippen LogP contribution in [0.5, 0.6) is 5.75 Å². The molecule has 0 saturated carbocycles. The molecule has 1 aliphatic heterocycles. The number of benzene rings is 3. The summed E-state index contributed by atoms with van der Waals surface area (Å²) in [5.41, 5.74) is 5.10. The monoisotopic (exact) mass is 410 g/mol. The maximum atomic E-state index is 13.1. The molecule has 2 N–H and O–H groups in total. The van der Waals surface area contributed by atoms with Crippen molar-refractivity contribution in [3.05, 3.63) is 107 Å². The fourth-order valence-electron chi connectivity index (χ4n) is 4.85. The third-order valence-electron chi connectivity index (χ3n) is 6.39. The number of fused-ring (bicyclic) bond motifs is 3. The summed E-state index contributed by atoms with van der Waals surface area (Å²) in [5.74, 6) is 1.51. The number of nitrogens with one attached hydrogen (secondary N) is 2. The highest BCUT2D eigenvalue weighted by atomic mass is 16.5. The molecule has 0 fully saturated rings. The van der Waals surface area contributed by atoms with Gasteiger partial charge in [0.1, 0.15) is 5.75 Å². The zero-order chi connectivity index (χ0) is 21.2. The Bertz CT molecular complexity index is 1120. The average molecular weight is 411 g/mol. The topological polar surface area (TPSA) is 50.4 Å². The van der Waals surface area contributed by atoms with E-state index in [0.29, 0.717) is 23.9 Å². The van der Waals surface area contributed by atoms with Gasteiger partial charge in [-0.3, -0.25) is 4.79 Å². The fourth-order valence-corrected chi connectivity index (χ4v) is 4.85. The maximum Gasteiger partial charge on any atom is 0.253 e. The average Bonchev–Trinajstić information content (AvgIpc) is 3.32. The minimum atomic E-state index is -0.0574. The number of rotatable bonds is 5. The van der Waals surface area contributed by atoms with E-state index in [1.165, 1.54) is 11.1 Å². The Morgan fingerprint density at radius 1 is 1.06 bits per heavy atom. The van der Waals surface area contributed by atoms with E-state index in [2.05, 4.69) is 41.0 Å². The van der Waals surface area contributed by atoms with Gasteiger partial charge in [0, 0.05) is 12.5 Å². The van der Waals surface area contributed by atoms with Crippen molar-refractivity contribution in [1.29, 1.82) is 0 Å². The lowest BCUT2D eigenvalue weighted by Gasteiger charge is -2.38. The number of amides is 1. The van der Waals surface area contributed by atoms with Crippen LogP contribution in [0.3, 0.4) is 0 Å². The molecule has 0 aromatic heterocycles. The summed E-state index contributed by atoms with van der Waals surface area (Å²) in [6.45, 7) is 0.509. The van der Waals surface area contributed by atoms with Crippen molar-refractivity contribution in [1.82, 2.24) is 5.32 Å². The van der Waals surface area contributed by atoms with E-state index in [0.717, 1.165) is 23.4 Å². The number of para-hydroxylation sites is 1. The Kier molecular flexibility index (Phi) is 5.21. The van der Waals surface area contributed by atoms with E-state index in [1.54, 1.807) is 7.11 Å². The Labute approximate surface area is 183 Å². The van der Waals surface area contributed by atoms with Crippen molar-refractivity contribution < 1.29 is 9.53 Å². The number of carbonyl (C=O) groups is 1. The third-order valence-corrected chi connectivity index (χ3v) is 6.39. The van der Waals surface area contributed by atoms with Crippen LogP contribution in [-0.4, -0.2) is 13.0 Å². The lowest BCUT2D eigenvalue weighted by atomic mass is 9.76. The van der Waals surface area contributed by atoms with Gasteiger partial charge < -0.3 is 15.4 Å². The predicted molar refractivity (Wildman–Crippen MR) is 123 cm³/mol. The van der Waals surface area contributed by atoms with Crippen LogP contribution in [0.25, 0.3) is 0 Å². The lowest BCUT2D eigenvalue weighted by molar-refractivity contribution is 0.0951. The van der Waals surface area contributed by atoms with Gasteiger partial charge in [-0.15, -0.1) is 0 Å². The molecule has 0 saturated heterocycles. The van der Waals surface area contributed by atoms with Crippen molar-refractivity contribution in [3.63, 3.8) is 0 Å². The zero-order valence-corrected chi connectivity index (χ0v) is 17.5. The minimum Gasteiger partial charge on any atom is -0.497 e. The molecule has 3 aromatic carbocycles. The predicted octanol–water partition coefficient (Wildman–Crippen LogP) is 5.45. The summed E-state index contributed by atoms with van der Waals surface area (Å²) < 4.78 is 5.45. The first-order valence-electron chi connectivity index (χ1n) is 10.8. The Hall–Kier alpha value is -3.53. The molecule has 3 atom stereocenters. The van der Waals surface area contributed by atoms with E-state index in [4.69, 9.17) is 4.74 Å². The summed E-state index contributed by atoms with van der Waals surface area (Å²) in [6, 6.07) is 24.4. The molecule has 1 amide bonds. The number of hydrogen-bond donors (Lipinski definition) is 2. The number of allylic oxidation sites excluding steroid dienone is 2. The molecule has 156 valence electrons. The van der Waals surface area contributed by atoms with E-state index < -0.39 is 0 Å². The SMILES string of the molecule is COc1cccc(C2Nc3c(C(=O)NCc4ccccc4)cccc3C3C=CCC32)c1. The molecular weight excluding hydrogens is 384 g/mol. The molecule has 5 rings (SSSR count). The van der Waals surface area contributed by atoms with E-state index >= 15 is 0 Å². The van der Waals surface area contributed by atoms with Gasteiger partial charge in [0.2, 0.25) is 0 Å². The van der Waals surface area contributed by atoms with Gasteiger partial charge in [0.15, 0.2) is 0 Å². The van der Waals surface area contributed by atoms with Crippen LogP contribution in [0.15, 0.2) is 84.9 Å². The number of hydrogen-bond acceptors (Lipinski definition) is 3. The smallest absolute Gasteiger partial charge is 0.253 e. The van der Waals surface area contributed by atoms with Crippen molar-refractivity contribution >= 4 is 11.6 Å². The van der Waals surface area contributed by atoms with Crippen LogP contribution >= 0.6 is 0 Å². The standard InChI is InChI=1S/C27H26N2O2/c1-31-20-11-5-10-19(16-20)25-22-13-6-12-21(22)23-14-7-15-24(26(23)29-25)27(30)28-17-18-8-3-2-4-9-18/h2-12,14-16,21-22,25,29H,13,17H2,1H3,(H,28,30). The van der Waals surface area contributed by atoms with Crippen molar-refractivity contribution in [2.45, 2.75) is 24.9 Å². The molecule has 3 aromatic rings. The third kappa shape index (κ3) is 3.70. The van der Waals surface area contributed by atoms with Crippen LogP contribution in [0.2, 0.25) is 0 Å². The van der Waals surface area contributed by atoms with Gasteiger partial charge in [-0.1, -0.05) is 66.7 Å². The van der Waals surface area contributed by atoms with Gasteiger partial charge in [0.25, 0.3) is 5.91 Å². The zero-order valence-electron chi connectivity index (χ0n) is 17.5. The van der Waals surface area contributed by atoms with Crippen LogP contribution in [0.4, 0.5) is 5.69 Å². The molecule has 31 heavy (non-hydrogen) atoms. The Morgan fingerprint density at radius 3 is 2.74 bits per heavy atom. The number of carbonyl (C=O) groups excluding carboxylic acids is 1. The van der Waals surface area contributed by atoms with Crippen molar-refractivity contribution in [2.75, 3.05) is 12.4 Å². The molecule has 0 bridgehead atoms. The second-order valence-electron chi connectivity index (χ2n) is 8.19. The largest absolute Gasteiger partial charge is 0.497 e. The summed E-state index contributed by atoms with van der Waals surface area (Å²) in [7, 11) is 1.69. The van der Waals surface area contributed by atoms with E-state index in [-0.39, 0.29) is 11.9 Å². The van der Waals surface area contributed by atoms with Crippen LogP contribution in [0, 0.1) is 5.92 Å². The highest BCUT2D eigenvalue weighted by molar-refractivity contribution is 6.00. The minimum absolute atomic E-state index is 0.0574. The van der Waals surface area contributed by atoms with Gasteiger partial charge >= 0.3 is 0 Å². The van der Waals surface area contributed by atoms with Crippen LogP contribution < -0.4 is 15.4 Å². The summed E-state index contributed by atoms with van der Waals surface area (Å²) in [4.78, 5) is 13.1. The molecule has 0 radical (unpaired) electrons. The van der Waals surface area contributed by atoms with E-state index in [1.807, 2.05) is 54.6 Å². The first-order valence-corrected chi connectivity index (χ1v) is 10.8. The van der Waals surface area contributed by atoms with Crippen LogP contribution in [-0.2, 0) is 6.54 Å². The molecule has 0 spiro atoms. The van der Waals surface area contributed by atoms with Crippen molar-refractivity contribution in [2.24, 2.45) is 5.92 Å². The first kappa shape index (κ1) is 19.4. The number of anilines is 1. The highest BCUT2D eigenvalue weighted by Gasteiger charge is 2.39. The first-order chi connectivity index (χ1) is 15.2. The molecule has 4 nitrogen and oxygen atoms in total. The molecular formula is C27H26N2O2. The van der Waals surface area contributed by atoms with Crippen LogP contribution in [0.1, 0.15) is 45.4 Å². The Balaban J connectivity index is 1.47. The number of ether oxygens (including phenoxy) is 1. The second kappa shape index (κ2) is 8.31. The molecule has 4 heteroatoms. The lowest BCUT2D eigenvalue weighted by Crippen LogP contribution is -2.32. The van der Waals surface area contributed by atoms with Gasteiger partial charge in [0.05, 0.1) is 24.4 Å².